The van der Waals surface area contributed by atoms with Gasteiger partial charge in [0.2, 0.25) is 11.9 Å². The fourth-order valence-electron chi connectivity index (χ4n) is 3.29. The molecule has 1 aromatic carbocycles. The maximum atomic E-state index is 11.4. The Morgan fingerprint density at radius 2 is 2.04 bits per heavy atom. The number of amides is 1. The molecule has 0 atom stereocenters. The summed E-state index contributed by atoms with van der Waals surface area (Å²) < 4.78 is 9.19. The highest BCUT2D eigenvalue weighted by Crippen LogP contribution is 2.26. The zero-order valence-electron chi connectivity index (χ0n) is 15.0. The predicted octanol–water partition coefficient (Wildman–Crippen LogP) is 1.68. The van der Waals surface area contributed by atoms with Gasteiger partial charge in [-0.1, -0.05) is 12.1 Å². The van der Waals surface area contributed by atoms with E-state index >= 15 is 0 Å². The highest BCUT2D eigenvalue weighted by Gasteiger charge is 2.24. The average molecular weight is 354 g/mol. The van der Waals surface area contributed by atoms with Crippen LogP contribution in [0.4, 0.5) is 0 Å². The van der Waals surface area contributed by atoms with Gasteiger partial charge in [0, 0.05) is 33.1 Å². The first-order chi connectivity index (χ1) is 12.6. The van der Waals surface area contributed by atoms with E-state index in [9.17, 15) is 4.79 Å². The molecule has 2 aromatic heterocycles. The number of hydrogen-bond acceptors (Lipinski definition) is 5. The fraction of sp³-hybridized carbons (Fsp3) is 0.444. The fourth-order valence-corrected chi connectivity index (χ4v) is 3.29. The van der Waals surface area contributed by atoms with E-state index in [1.807, 2.05) is 35.9 Å². The molecule has 136 valence electrons. The molecule has 0 spiro atoms. The number of imidazole rings is 1. The first kappa shape index (κ1) is 16.7. The van der Waals surface area contributed by atoms with Gasteiger partial charge >= 0.3 is 0 Å². The lowest BCUT2D eigenvalue weighted by Crippen LogP contribution is -2.22. The summed E-state index contributed by atoms with van der Waals surface area (Å²) in [5, 5.41) is 7.57. The van der Waals surface area contributed by atoms with E-state index in [1.54, 1.807) is 4.68 Å². The Bertz CT molecular complexity index is 938. The summed E-state index contributed by atoms with van der Waals surface area (Å²) in [6.45, 7) is 3.27. The van der Waals surface area contributed by atoms with Crippen molar-refractivity contribution in [3.05, 3.63) is 35.9 Å². The Morgan fingerprint density at radius 3 is 2.77 bits per heavy atom. The van der Waals surface area contributed by atoms with Gasteiger partial charge in [-0.25, -0.2) is 9.97 Å². The predicted molar refractivity (Wildman–Crippen MR) is 95.9 cm³/mol. The minimum Gasteiger partial charge on any atom is -0.381 e. The number of ether oxygens (including phenoxy) is 1. The molecule has 8 nitrogen and oxygen atoms in total. The molecule has 1 fully saturated rings. The second-order valence-electron chi connectivity index (χ2n) is 6.55. The Labute approximate surface area is 151 Å². The van der Waals surface area contributed by atoms with Gasteiger partial charge in [0.1, 0.15) is 0 Å². The number of fused-ring (bicyclic) bond motifs is 1. The van der Waals surface area contributed by atoms with E-state index in [2.05, 4.69) is 5.32 Å². The number of benzene rings is 1. The van der Waals surface area contributed by atoms with Crippen LogP contribution in [0.15, 0.2) is 24.3 Å². The van der Waals surface area contributed by atoms with Crippen LogP contribution in [0, 0.1) is 0 Å². The maximum Gasteiger partial charge on any atom is 0.233 e. The molecule has 0 radical (unpaired) electrons. The van der Waals surface area contributed by atoms with Crippen LogP contribution in [-0.2, 0) is 23.1 Å². The van der Waals surface area contributed by atoms with Crippen molar-refractivity contribution >= 4 is 16.9 Å². The molecule has 3 aromatic rings. The lowest BCUT2D eigenvalue weighted by Gasteiger charge is -2.18. The van der Waals surface area contributed by atoms with Crippen molar-refractivity contribution in [3.63, 3.8) is 0 Å². The maximum absolute atomic E-state index is 11.4. The number of nitrogens with zero attached hydrogens (tertiary/aromatic N) is 5. The molecule has 1 saturated heterocycles. The first-order valence-electron chi connectivity index (χ1n) is 8.83. The second-order valence-corrected chi connectivity index (χ2v) is 6.55. The van der Waals surface area contributed by atoms with Crippen molar-refractivity contribution in [3.8, 4) is 5.95 Å². The van der Waals surface area contributed by atoms with Crippen molar-refractivity contribution in [2.45, 2.75) is 32.2 Å². The largest absolute Gasteiger partial charge is 0.381 e. The van der Waals surface area contributed by atoms with Crippen LogP contribution >= 0.6 is 0 Å². The van der Waals surface area contributed by atoms with Crippen molar-refractivity contribution in [2.75, 3.05) is 13.2 Å². The van der Waals surface area contributed by atoms with Crippen molar-refractivity contribution in [1.82, 2.24) is 29.6 Å². The Balaban J connectivity index is 1.77. The standard InChI is InChI=1S/C18H22N6O2/c1-12(25)19-11-16-21-17(13-7-9-26-10-8-13)22-24(16)18-20-14-5-3-4-6-15(14)23(18)2/h3-6,13H,7-11H2,1-2H3,(H,19,25). The summed E-state index contributed by atoms with van der Waals surface area (Å²) in [6.07, 6.45) is 1.82. The summed E-state index contributed by atoms with van der Waals surface area (Å²) in [5.74, 6) is 2.34. The minimum absolute atomic E-state index is 0.0998. The molecule has 1 amide bonds. The molecule has 1 N–H and O–H groups in total. The van der Waals surface area contributed by atoms with Crippen LogP contribution in [0.25, 0.3) is 17.0 Å². The first-order valence-corrected chi connectivity index (χ1v) is 8.83. The minimum atomic E-state index is -0.0998. The summed E-state index contributed by atoms with van der Waals surface area (Å²) in [5.41, 5.74) is 1.93. The third kappa shape index (κ3) is 3.08. The molecule has 0 bridgehead atoms. The summed E-state index contributed by atoms with van der Waals surface area (Å²) in [7, 11) is 1.96. The van der Waals surface area contributed by atoms with Crippen molar-refractivity contribution < 1.29 is 9.53 Å². The van der Waals surface area contributed by atoms with Crippen molar-refractivity contribution in [2.24, 2.45) is 7.05 Å². The number of para-hydroxylation sites is 2. The monoisotopic (exact) mass is 354 g/mol. The van der Waals surface area contributed by atoms with E-state index in [1.165, 1.54) is 6.92 Å². The number of hydrogen-bond donors (Lipinski definition) is 1. The topological polar surface area (TPSA) is 86.9 Å². The molecule has 0 aliphatic carbocycles. The molecule has 3 heterocycles. The lowest BCUT2D eigenvalue weighted by atomic mass is 10.00. The van der Waals surface area contributed by atoms with Crippen LogP contribution in [0.2, 0.25) is 0 Å². The molecule has 1 aliphatic heterocycles. The van der Waals surface area contributed by atoms with Crippen LogP contribution in [0.5, 0.6) is 0 Å². The number of carbonyl (C=O) groups excluding carboxylic acids is 1. The normalized spacial score (nSPS) is 15.5. The summed E-state index contributed by atoms with van der Waals surface area (Å²) in [4.78, 5) is 20.8. The van der Waals surface area contributed by atoms with Gasteiger partial charge in [-0.05, 0) is 25.0 Å². The van der Waals surface area contributed by atoms with Gasteiger partial charge in [-0.2, -0.15) is 4.68 Å². The molecule has 0 unspecified atom stereocenters. The molecular formula is C18H22N6O2. The van der Waals surface area contributed by atoms with Gasteiger partial charge in [0.15, 0.2) is 11.6 Å². The van der Waals surface area contributed by atoms with E-state index in [0.29, 0.717) is 18.3 Å². The number of rotatable bonds is 4. The molecule has 26 heavy (non-hydrogen) atoms. The van der Waals surface area contributed by atoms with Crippen LogP contribution in [0.3, 0.4) is 0 Å². The Morgan fingerprint density at radius 1 is 1.27 bits per heavy atom. The third-order valence-electron chi connectivity index (χ3n) is 4.73. The number of nitrogens with one attached hydrogen (secondary N) is 1. The number of aryl methyl sites for hydroxylation is 1. The number of carbonyl (C=O) groups is 1. The van der Waals surface area contributed by atoms with Gasteiger partial charge < -0.3 is 14.6 Å². The molecule has 8 heteroatoms. The van der Waals surface area contributed by atoms with Gasteiger partial charge in [0.25, 0.3) is 0 Å². The summed E-state index contributed by atoms with van der Waals surface area (Å²) >= 11 is 0. The van der Waals surface area contributed by atoms with Crippen LogP contribution in [0.1, 0.15) is 37.3 Å². The summed E-state index contributed by atoms with van der Waals surface area (Å²) in [6, 6.07) is 7.95. The van der Waals surface area contributed by atoms with Crippen LogP contribution in [-0.4, -0.2) is 43.4 Å². The highest BCUT2D eigenvalue weighted by atomic mass is 16.5. The van der Waals surface area contributed by atoms with E-state index < -0.39 is 0 Å². The molecule has 0 saturated carbocycles. The second kappa shape index (κ2) is 6.87. The van der Waals surface area contributed by atoms with E-state index in [4.69, 9.17) is 19.8 Å². The van der Waals surface area contributed by atoms with Gasteiger partial charge in [-0.15, -0.1) is 5.10 Å². The molecular weight excluding hydrogens is 332 g/mol. The van der Waals surface area contributed by atoms with E-state index in [-0.39, 0.29) is 11.8 Å². The smallest absolute Gasteiger partial charge is 0.233 e. The third-order valence-corrected chi connectivity index (χ3v) is 4.73. The zero-order chi connectivity index (χ0) is 18.1. The quantitative estimate of drug-likeness (QED) is 0.770. The highest BCUT2D eigenvalue weighted by molar-refractivity contribution is 5.77. The van der Waals surface area contributed by atoms with Crippen molar-refractivity contribution in [1.29, 1.82) is 0 Å². The zero-order valence-corrected chi connectivity index (χ0v) is 15.0. The van der Waals surface area contributed by atoms with Crippen LogP contribution < -0.4 is 5.32 Å². The Kier molecular flexibility index (Phi) is 4.42. The average Bonchev–Trinajstić information content (AvgIpc) is 3.22. The Hall–Kier alpha value is -2.74. The van der Waals surface area contributed by atoms with Gasteiger partial charge in [0.05, 0.1) is 17.6 Å². The van der Waals surface area contributed by atoms with E-state index in [0.717, 1.165) is 42.9 Å². The lowest BCUT2D eigenvalue weighted by molar-refractivity contribution is -0.119. The SMILES string of the molecule is CC(=O)NCc1nc(C2CCOCC2)nn1-c1nc2ccccc2n1C. The number of aromatic nitrogens is 5. The van der Waals surface area contributed by atoms with Gasteiger partial charge in [-0.3, -0.25) is 4.79 Å². The molecule has 4 rings (SSSR count). The molecule has 1 aliphatic rings.